The molecule has 0 aromatic heterocycles. The molecule has 0 radical (unpaired) electrons. The SMILES string of the molecule is CCC(C)C1CC(=O)C(C2=NCCN2)C(=O)C1. The molecule has 17 heavy (non-hydrogen) atoms. The fourth-order valence-electron chi connectivity index (χ4n) is 2.65. The zero-order chi connectivity index (χ0) is 12.4. The molecular formula is C13H20N2O2. The molecular weight excluding hydrogens is 216 g/mol. The van der Waals surface area contributed by atoms with Gasteiger partial charge in [0.05, 0.1) is 6.54 Å². The van der Waals surface area contributed by atoms with Crippen molar-refractivity contribution in [3.8, 4) is 0 Å². The smallest absolute Gasteiger partial charge is 0.151 e. The van der Waals surface area contributed by atoms with Crippen LogP contribution in [0.25, 0.3) is 0 Å². The fourth-order valence-corrected chi connectivity index (χ4v) is 2.65. The van der Waals surface area contributed by atoms with Crippen LogP contribution in [0.4, 0.5) is 0 Å². The third kappa shape index (κ3) is 2.40. The Hall–Kier alpha value is -1.19. The van der Waals surface area contributed by atoms with E-state index in [9.17, 15) is 9.59 Å². The molecule has 94 valence electrons. The molecule has 2 rings (SSSR count). The van der Waals surface area contributed by atoms with Crippen molar-refractivity contribution < 1.29 is 9.59 Å². The average Bonchev–Trinajstić information content (AvgIpc) is 2.80. The van der Waals surface area contributed by atoms with Crippen LogP contribution in [0.3, 0.4) is 0 Å². The molecule has 0 spiro atoms. The molecule has 1 atom stereocenters. The Morgan fingerprint density at radius 2 is 2.00 bits per heavy atom. The number of carbonyl (C=O) groups is 2. The lowest BCUT2D eigenvalue weighted by molar-refractivity contribution is -0.135. The molecule has 0 aromatic rings. The topological polar surface area (TPSA) is 58.5 Å². The van der Waals surface area contributed by atoms with Gasteiger partial charge in [0.25, 0.3) is 0 Å². The zero-order valence-electron chi connectivity index (χ0n) is 10.5. The van der Waals surface area contributed by atoms with Gasteiger partial charge in [-0.3, -0.25) is 14.6 Å². The van der Waals surface area contributed by atoms with Gasteiger partial charge in [0.1, 0.15) is 11.8 Å². The maximum atomic E-state index is 12.1. The number of aliphatic imine (C=N–C) groups is 1. The van der Waals surface area contributed by atoms with Crippen molar-refractivity contribution in [2.24, 2.45) is 22.7 Å². The first-order valence-corrected chi connectivity index (χ1v) is 6.47. The van der Waals surface area contributed by atoms with E-state index >= 15 is 0 Å². The first-order chi connectivity index (χ1) is 8.13. The molecule has 4 nitrogen and oxygen atoms in total. The van der Waals surface area contributed by atoms with Crippen LogP contribution in [0.5, 0.6) is 0 Å². The van der Waals surface area contributed by atoms with E-state index in [1.807, 2.05) is 0 Å². The molecule has 4 heteroatoms. The maximum absolute atomic E-state index is 12.1. The Labute approximate surface area is 102 Å². The van der Waals surface area contributed by atoms with E-state index in [0.29, 0.717) is 31.1 Å². The van der Waals surface area contributed by atoms with E-state index in [1.165, 1.54) is 0 Å². The highest BCUT2D eigenvalue weighted by atomic mass is 16.2. The summed E-state index contributed by atoms with van der Waals surface area (Å²) in [5.74, 6) is 0.820. The number of carbonyl (C=O) groups excluding carboxylic acids is 2. The van der Waals surface area contributed by atoms with Crippen molar-refractivity contribution in [3.05, 3.63) is 0 Å². The van der Waals surface area contributed by atoms with Crippen LogP contribution in [-0.4, -0.2) is 30.5 Å². The summed E-state index contributed by atoms with van der Waals surface area (Å²) < 4.78 is 0. The van der Waals surface area contributed by atoms with E-state index in [1.54, 1.807) is 0 Å². The summed E-state index contributed by atoms with van der Waals surface area (Å²) in [6, 6.07) is 0. The summed E-state index contributed by atoms with van der Waals surface area (Å²) in [6.45, 7) is 5.66. The van der Waals surface area contributed by atoms with Crippen LogP contribution in [0.15, 0.2) is 4.99 Å². The Kier molecular flexibility index (Phi) is 3.60. The van der Waals surface area contributed by atoms with Gasteiger partial charge in [0, 0.05) is 19.4 Å². The Morgan fingerprint density at radius 1 is 1.35 bits per heavy atom. The summed E-state index contributed by atoms with van der Waals surface area (Å²) in [6.07, 6.45) is 2.09. The van der Waals surface area contributed by atoms with Crippen molar-refractivity contribution in [2.45, 2.75) is 33.1 Å². The van der Waals surface area contributed by atoms with Crippen LogP contribution in [0.1, 0.15) is 33.1 Å². The monoisotopic (exact) mass is 236 g/mol. The number of hydrogen-bond donors (Lipinski definition) is 1. The summed E-state index contributed by atoms with van der Waals surface area (Å²) in [7, 11) is 0. The van der Waals surface area contributed by atoms with Gasteiger partial charge >= 0.3 is 0 Å². The minimum absolute atomic E-state index is 0.0553. The fraction of sp³-hybridized carbons (Fsp3) is 0.769. The molecule has 0 saturated heterocycles. The van der Waals surface area contributed by atoms with E-state index in [-0.39, 0.29) is 17.5 Å². The quantitative estimate of drug-likeness (QED) is 0.749. The van der Waals surface area contributed by atoms with Crippen molar-refractivity contribution >= 4 is 17.4 Å². The van der Waals surface area contributed by atoms with Gasteiger partial charge in [-0.1, -0.05) is 20.3 Å². The number of hydrogen-bond acceptors (Lipinski definition) is 4. The Balaban J connectivity index is 2.08. The molecule has 0 bridgehead atoms. The molecule has 0 aromatic carbocycles. The minimum Gasteiger partial charge on any atom is -0.371 e. The third-order valence-corrected chi connectivity index (χ3v) is 3.99. The normalized spacial score (nSPS) is 31.1. The molecule has 1 unspecified atom stereocenters. The largest absolute Gasteiger partial charge is 0.371 e. The number of rotatable bonds is 3. The second-order valence-corrected chi connectivity index (χ2v) is 5.11. The summed E-state index contributed by atoms with van der Waals surface area (Å²) in [5, 5.41) is 3.05. The highest BCUT2D eigenvalue weighted by Gasteiger charge is 2.40. The number of Topliss-reactive ketones (excluding diaryl/α,β-unsaturated/α-hetero) is 2. The van der Waals surface area contributed by atoms with Gasteiger partial charge in [0.15, 0.2) is 11.6 Å². The molecule has 1 N–H and O–H groups in total. The van der Waals surface area contributed by atoms with Gasteiger partial charge in [-0.2, -0.15) is 0 Å². The lowest BCUT2D eigenvalue weighted by atomic mass is 9.74. The van der Waals surface area contributed by atoms with Gasteiger partial charge in [-0.25, -0.2) is 0 Å². The van der Waals surface area contributed by atoms with Crippen molar-refractivity contribution in [2.75, 3.05) is 13.1 Å². The number of nitrogens with zero attached hydrogens (tertiary/aromatic N) is 1. The first kappa shape index (κ1) is 12.3. The first-order valence-electron chi connectivity index (χ1n) is 6.47. The molecule has 0 amide bonds. The lowest BCUT2D eigenvalue weighted by Crippen LogP contribution is -2.43. The molecule has 1 aliphatic carbocycles. The second-order valence-electron chi connectivity index (χ2n) is 5.11. The van der Waals surface area contributed by atoms with E-state index in [0.717, 1.165) is 13.0 Å². The zero-order valence-corrected chi connectivity index (χ0v) is 10.5. The van der Waals surface area contributed by atoms with Crippen molar-refractivity contribution in [1.29, 1.82) is 0 Å². The maximum Gasteiger partial charge on any atom is 0.151 e. The summed E-state index contributed by atoms with van der Waals surface area (Å²) in [5.41, 5.74) is 0. The van der Waals surface area contributed by atoms with Crippen LogP contribution >= 0.6 is 0 Å². The van der Waals surface area contributed by atoms with Crippen LogP contribution in [0.2, 0.25) is 0 Å². The van der Waals surface area contributed by atoms with Crippen LogP contribution in [-0.2, 0) is 9.59 Å². The molecule has 1 heterocycles. The predicted molar refractivity (Wildman–Crippen MR) is 66.0 cm³/mol. The summed E-state index contributed by atoms with van der Waals surface area (Å²) in [4.78, 5) is 28.4. The van der Waals surface area contributed by atoms with Crippen LogP contribution in [0, 0.1) is 17.8 Å². The predicted octanol–water partition coefficient (Wildman–Crippen LogP) is 1.20. The molecule has 2 aliphatic rings. The molecule has 1 fully saturated rings. The van der Waals surface area contributed by atoms with Gasteiger partial charge < -0.3 is 5.32 Å². The Bertz CT molecular complexity index is 344. The number of nitrogens with one attached hydrogen (secondary N) is 1. The van der Waals surface area contributed by atoms with Gasteiger partial charge in [-0.05, 0) is 11.8 Å². The highest BCUT2D eigenvalue weighted by Crippen LogP contribution is 2.31. The van der Waals surface area contributed by atoms with Crippen molar-refractivity contribution in [3.63, 3.8) is 0 Å². The van der Waals surface area contributed by atoms with E-state index < -0.39 is 5.92 Å². The van der Waals surface area contributed by atoms with Crippen LogP contribution < -0.4 is 5.32 Å². The third-order valence-electron chi connectivity index (χ3n) is 3.99. The second kappa shape index (κ2) is 4.98. The van der Waals surface area contributed by atoms with E-state index in [4.69, 9.17) is 0 Å². The molecule has 1 aliphatic heterocycles. The van der Waals surface area contributed by atoms with E-state index in [2.05, 4.69) is 24.2 Å². The standard InChI is InChI=1S/C13H20N2O2/c1-3-8(2)9-6-10(16)12(11(17)7-9)13-14-4-5-15-13/h8-9,12H,3-7H2,1-2H3,(H,14,15). The number of ketones is 2. The highest BCUT2D eigenvalue weighted by molar-refractivity contribution is 6.21. The summed E-state index contributed by atoms with van der Waals surface area (Å²) >= 11 is 0. The van der Waals surface area contributed by atoms with Gasteiger partial charge in [0.2, 0.25) is 0 Å². The van der Waals surface area contributed by atoms with Gasteiger partial charge in [-0.15, -0.1) is 0 Å². The molecule has 1 saturated carbocycles. The lowest BCUT2D eigenvalue weighted by Gasteiger charge is -2.29. The number of amidine groups is 1. The average molecular weight is 236 g/mol. The minimum atomic E-state index is -0.585. The Morgan fingerprint density at radius 3 is 2.47 bits per heavy atom. The van der Waals surface area contributed by atoms with Crippen molar-refractivity contribution in [1.82, 2.24) is 5.32 Å².